The van der Waals surface area contributed by atoms with Crippen molar-refractivity contribution in [3.05, 3.63) is 273 Å². The molecule has 15 aromatic rings. The zero-order chi connectivity index (χ0) is 48.0. The summed E-state index contributed by atoms with van der Waals surface area (Å²) in [5, 5.41) is 15.1. The molecule has 0 amide bonds. The van der Waals surface area contributed by atoms with E-state index >= 15 is 0 Å². The van der Waals surface area contributed by atoms with Crippen molar-refractivity contribution in [3.8, 4) is 72.4 Å². The van der Waals surface area contributed by atoms with Gasteiger partial charge in [-0.1, -0.05) is 224 Å². The maximum Gasteiger partial charge on any atom is 0.0626 e. The van der Waals surface area contributed by atoms with Crippen LogP contribution in [-0.2, 0) is 0 Å². The lowest BCUT2D eigenvalue weighted by Crippen LogP contribution is -1.98. The van der Waals surface area contributed by atoms with Crippen LogP contribution in [-0.4, -0.2) is 4.57 Å². The maximum absolute atomic E-state index is 2.56. The van der Waals surface area contributed by atoms with Gasteiger partial charge in [0.15, 0.2) is 0 Å². The Balaban J connectivity index is 1.04. The fourth-order valence-electron chi connectivity index (χ4n) is 12.3. The molecule has 0 N–H and O–H groups in total. The molecule has 0 spiro atoms. The highest BCUT2D eigenvalue weighted by Gasteiger charge is 2.25. The van der Waals surface area contributed by atoms with E-state index in [1.54, 1.807) is 0 Å². The van der Waals surface area contributed by atoms with Crippen molar-refractivity contribution in [3.63, 3.8) is 0 Å². The molecule has 0 atom stereocenters. The molecule has 1 heteroatoms. The van der Waals surface area contributed by atoms with Crippen molar-refractivity contribution >= 4 is 75.7 Å². The van der Waals surface area contributed by atoms with Crippen molar-refractivity contribution in [1.29, 1.82) is 0 Å². The number of para-hydroxylation sites is 1. The first kappa shape index (κ1) is 41.2. The first-order valence-corrected chi connectivity index (χ1v) is 25.3. The van der Waals surface area contributed by atoms with Crippen LogP contribution in [0.3, 0.4) is 0 Å². The molecule has 1 heterocycles. The SMILES string of the molecule is c1ccc(-c2cc(-c3ccccc3)cc(-c3c4ccccc4c(-c4cc5cccc6c5c5c4cccc5c4c6c5ccccc5n4-c4cc(-c5ccccc5)cc(-c5ccccc5)c4)c4ccccc34)c2)cc1. The number of hydrogen-bond acceptors (Lipinski definition) is 0. The van der Waals surface area contributed by atoms with Crippen LogP contribution in [0.2, 0.25) is 0 Å². The number of hydrogen-bond donors (Lipinski definition) is 0. The summed E-state index contributed by atoms with van der Waals surface area (Å²) >= 11 is 0. The highest BCUT2D eigenvalue weighted by molar-refractivity contribution is 6.40. The molecule has 0 aliphatic carbocycles. The van der Waals surface area contributed by atoms with Crippen LogP contribution in [0.5, 0.6) is 0 Å². The van der Waals surface area contributed by atoms with Crippen LogP contribution in [0, 0.1) is 0 Å². The topological polar surface area (TPSA) is 4.93 Å². The summed E-state index contributed by atoms with van der Waals surface area (Å²) in [6.07, 6.45) is 0. The van der Waals surface area contributed by atoms with E-state index in [0.29, 0.717) is 0 Å². The highest BCUT2D eigenvalue weighted by atomic mass is 15.0. The molecular formula is C72H45N. The minimum Gasteiger partial charge on any atom is -0.309 e. The Labute approximate surface area is 423 Å². The van der Waals surface area contributed by atoms with E-state index in [1.807, 2.05) is 0 Å². The average Bonchev–Trinajstić information content (AvgIpc) is 3.83. The van der Waals surface area contributed by atoms with Gasteiger partial charge in [0.1, 0.15) is 0 Å². The first-order chi connectivity index (χ1) is 36.2. The molecule has 14 aromatic carbocycles. The Kier molecular flexibility index (Phi) is 9.33. The van der Waals surface area contributed by atoms with E-state index in [1.165, 1.54) is 142 Å². The van der Waals surface area contributed by atoms with E-state index in [2.05, 4.69) is 278 Å². The Morgan fingerprint density at radius 3 is 1.15 bits per heavy atom. The van der Waals surface area contributed by atoms with Gasteiger partial charge in [0.2, 0.25) is 0 Å². The molecule has 338 valence electrons. The van der Waals surface area contributed by atoms with E-state index in [9.17, 15) is 0 Å². The van der Waals surface area contributed by atoms with Gasteiger partial charge in [0.05, 0.1) is 11.0 Å². The predicted octanol–water partition coefficient (Wildman–Crippen LogP) is 20.0. The van der Waals surface area contributed by atoms with Crippen LogP contribution >= 0.6 is 0 Å². The van der Waals surface area contributed by atoms with Gasteiger partial charge < -0.3 is 4.57 Å². The summed E-state index contributed by atoms with van der Waals surface area (Å²) in [5.41, 5.74) is 18.1. The lowest BCUT2D eigenvalue weighted by molar-refractivity contribution is 1.19. The molecule has 0 bridgehead atoms. The van der Waals surface area contributed by atoms with Gasteiger partial charge in [-0.25, -0.2) is 0 Å². The van der Waals surface area contributed by atoms with Crippen molar-refractivity contribution in [2.45, 2.75) is 0 Å². The van der Waals surface area contributed by atoms with Crippen LogP contribution in [0.25, 0.3) is 148 Å². The second-order valence-electron chi connectivity index (χ2n) is 19.5. The molecule has 0 saturated heterocycles. The Morgan fingerprint density at radius 2 is 0.616 bits per heavy atom. The first-order valence-electron chi connectivity index (χ1n) is 25.3. The molecule has 15 rings (SSSR count). The van der Waals surface area contributed by atoms with E-state index < -0.39 is 0 Å². The van der Waals surface area contributed by atoms with Crippen molar-refractivity contribution in [2.24, 2.45) is 0 Å². The zero-order valence-corrected chi connectivity index (χ0v) is 39.9. The number of nitrogens with zero attached hydrogens (tertiary/aromatic N) is 1. The normalized spacial score (nSPS) is 11.8. The third kappa shape index (κ3) is 6.49. The fraction of sp³-hybridized carbons (Fsp3) is 0. The summed E-state index contributed by atoms with van der Waals surface area (Å²) < 4.78 is 2.56. The molecule has 1 nitrogen and oxygen atoms in total. The standard InChI is InChI=1S/C72H45N/c1-5-21-46(22-6-1)51-39-52(47-23-7-2-8-24-47)42-55(41-51)67-57-30-13-15-32-59(57)69(60-33-16-14-31-58(60)67)65-45-50-29-19-36-63-68(50)70-61(65)35-20-37-64(70)72-71(63)62-34-17-18-38-66(62)73(72)56-43-53(48-25-9-3-10-26-48)40-54(44-56)49-27-11-4-12-28-49/h1-45H. The number of benzene rings is 14. The van der Waals surface area contributed by atoms with E-state index in [0.717, 1.165) is 5.69 Å². The lowest BCUT2D eigenvalue weighted by atomic mass is 9.81. The largest absolute Gasteiger partial charge is 0.309 e. The molecule has 1 aromatic heterocycles. The van der Waals surface area contributed by atoms with Gasteiger partial charge in [0.25, 0.3) is 0 Å². The third-order valence-electron chi connectivity index (χ3n) is 15.4. The van der Waals surface area contributed by atoms with Crippen LogP contribution < -0.4 is 0 Å². The minimum atomic E-state index is 1.14. The van der Waals surface area contributed by atoms with Gasteiger partial charge in [-0.3, -0.25) is 0 Å². The van der Waals surface area contributed by atoms with Crippen molar-refractivity contribution < 1.29 is 0 Å². The maximum atomic E-state index is 2.56. The number of rotatable bonds is 7. The number of aromatic nitrogens is 1. The van der Waals surface area contributed by atoms with E-state index in [-0.39, 0.29) is 0 Å². The summed E-state index contributed by atoms with van der Waals surface area (Å²) in [4.78, 5) is 0. The Hall–Kier alpha value is -9.56. The van der Waals surface area contributed by atoms with Crippen LogP contribution in [0.1, 0.15) is 0 Å². The fourth-order valence-corrected chi connectivity index (χ4v) is 12.3. The van der Waals surface area contributed by atoms with Crippen LogP contribution in [0.4, 0.5) is 0 Å². The monoisotopic (exact) mass is 923 g/mol. The Bertz CT molecular complexity index is 4450. The van der Waals surface area contributed by atoms with Gasteiger partial charge in [-0.2, -0.15) is 0 Å². The van der Waals surface area contributed by atoms with Gasteiger partial charge in [0, 0.05) is 27.2 Å². The summed E-state index contributed by atoms with van der Waals surface area (Å²) in [5.74, 6) is 0. The van der Waals surface area contributed by atoms with Crippen LogP contribution in [0.15, 0.2) is 273 Å². The lowest BCUT2D eigenvalue weighted by Gasteiger charge is -2.22. The molecule has 0 aliphatic rings. The molecule has 0 fully saturated rings. The molecule has 73 heavy (non-hydrogen) atoms. The second-order valence-corrected chi connectivity index (χ2v) is 19.5. The smallest absolute Gasteiger partial charge is 0.0626 e. The molecule has 0 unspecified atom stereocenters. The second kappa shape index (κ2) is 16.5. The Morgan fingerprint density at radius 1 is 0.219 bits per heavy atom. The molecule has 0 saturated carbocycles. The van der Waals surface area contributed by atoms with Crippen molar-refractivity contribution in [1.82, 2.24) is 4.57 Å². The van der Waals surface area contributed by atoms with Gasteiger partial charge in [-0.15, -0.1) is 0 Å². The van der Waals surface area contributed by atoms with Gasteiger partial charge in [-0.05, 0) is 158 Å². The number of fused-ring (bicyclic) bond motifs is 7. The quantitative estimate of drug-likeness (QED) is 0.111. The summed E-state index contributed by atoms with van der Waals surface area (Å²) in [6.45, 7) is 0. The molecule has 0 radical (unpaired) electrons. The average molecular weight is 924 g/mol. The van der Waals surface area contributed by atoms with E-state index in [4.69, 9.17) is 0 Å². The molecule has 0 aliphatic heterocycles. The summed E-state index contributed by atoms with van der Waals surface area (Å²) in [7, 11) is 0. The third-order valence-corrected chi connectivity index (χ3v) is 15.4. The minimum absolute atomic E-state index is 1.14. The van der Waals surface area contributed by atoms with Crippen molar-refractivity contribution in [2.75, 3.05) is 0 Å². The zero-order valence-electron chi connectivity index (χ0n) is 39.9. The summed E-state index contributed by atoms with van der Waals surface area (Å²) in [6, 6.07) is 101. The molecular weight excluding hydrogens is 879 g/mol. The highest BCUT2D eigenvalue weighted by Crippen LogP contribution is 2.52. The predicted molar refractivity (Wildman–Crippen MR) is 312 cm³/mol. The van der Waals surface area contributed by atoms with Gasteiger partial charge >= 0.3 is 0 Å².